The number of nitriles is 1. The Morgan fingerprint density at radius 2 is 1.85 bits per heavy atom. The summed E-state index contributed by atoms with van der Waals surface area (Å²) in [6.45, 7) is 11.2. The number of rotatable bonds is 7. The van der Waals surface area contributed by atoms with Gasteiger partial charge in [0, 0.05) is 25.2 Å². The summed E-state index contributed by atoms with van der Waals surface area (Å²) in [7, 11) is 2.13. The number of nitrogens with zero attached hydrogens (tertiary/aromatic N) is 8. The Bertz CT molecular complexity index is 1890. The number of para-hydroxylation sites is 1. The molecule has 4 aromatic rings. The number of carbonyl (C=O) groups is 1. The Hall–Kier alpha value is -4.10. The van der Waals surface area contributed by atoms with Crippen LogP contribution >= 0.6 is 0 Å². The van der Waals surface area contributed by atoms with Gasteiger partial charge in [-0.2, -0.15) is 0 Å². The van der Waals surface area contributed by atoms with Crippen LogP contribution in [-0.2, 0) is 4.79 Å². The van der Waals surface area contributed by atoms with Crippen molar-refractivity contribution in [3.8, 4) is 28.8 Å². The van der Waals surface area contributed by atoms with Gasteiger partial charge in [-0.05, 0) is 20.9 Å². The summed E-state index contributed by atoms with van der Waals surface area (Å²) in [5, 5.41) is 15.7. The first-order valence-corrected chi connectivity index (χ1v) is 17.2. The third-order valence-electron chi connectivity index (χ3n) is 9.56. The second-order valence-corrected chi connectivity index (χ2v) is 14.3. The number of aromatic nitrogens is 4. The molecule has 0 aliphatic carbocycles. The van der Waals surface area contributed by atoms with E-state index < -0.39 is 11.4 Å². The van der Waals surface area contributed by atoms with E-state index in [2.05, 4.69) is 77.4 Å². The number of carbonyl (C=O) groups excluding carboxylic acids is 1. The molecule has 2 radical (unpaired) electrons. The van der Waals surface area contributed by atoms with E-state index in [9.17, 15) is 10.1 Å². The van der Waals surface area contributed by atoms with Gasteiger partial charge in [-0.25, -0.2) is 0 Å². The normalized spacial score (nSPS) is 21.3. The van der Waals surface area contributed by atoms with Gasteiger partial charge in [0.1, 0.15) is 0 Å². The summed E-state index contributed by atoms with van der Waals surface area (Å²) in [5.41, 5.74) is 0.934. The van der Waals surface area contributed by atoms with E-state index in [4.69, 9.17) is 9.84 Å². The van der Waals surface area contributed by atoms with Gasteiger partial charge in [-0.15, -0.1) is 0 Å². The van der Waals surface area contributed by atoms with Crippen molar-refractivity contribution in [3.63, 3.8) is 0 Å². The summed E-state index contributed by atoms with van der Waals surface area (Å²) in [4.78, 5) is 29.3. The number of benzene rings is 2. The zero-order valence-corrected chi connectivity index (χ0v) is 29.8. The van der Waals surface area contributed by atoms with Crippen LogP contribution in [0.4, 0.5) is 4.39 Å². The molecule has 2 aliphatic heterocycles. The van der Waals surface area contributed by atoms with Crippen LogP contribution in [0.15, 0.2) is 66.5 Å². The first-order valence-electron chi connectivity index (χ1n) is 16.3. The molecular weight excluding hydrogens is 670 g/mol. The van der Waals surface area contributed by atoms with Crippen molar-refractivity contribution in [3.05, 3.63) is 72.3 Å². The monoisotopic (exact) mass is 710 g/mol. The maximum absolute atomic E-state index is 15.7. The van der Waals surface area contributed by atoms with E-state index in [0.717, 1.165) is 25.9 Å². The van der Waals surface area contributed by atoms with Crippen molar-refractivity contribution in [2.75, 3.05) is 33.2 Å². The predicted octanol–water partition coefficient (Wildman–Crippen LogP) is 4.63. The Balaban J connectivity index is 1.27. The minimum absolute atomic E-state index is 0.140. The van der Waals surface area contributed by atoms with Gasteiger partial charge in [0.25, 0.3) is 0 Å². The molecule has 2 fully saturated rings. The molecule has 3 atom stereocenters. The van der Waals surface area contributed by atoms with Crippen LogP contribution in [-0.4, -0.2) is 108 Å². The van der Waals surface area contributed by atoms with Crippen molar-refractivity contribution in [1.82, 2.24) is 34.4 Å². The molecule has 0 N–H and O–H groups in total. The number of hydrogen-bond acceptors (Lipinski definition) is 8. The molecule has 2 aromatic carbocycles. The van der Waals surface area contributed by atoms with Crippen LogP contribution in [0.1, 0.15) is 46.6 Å². The fourth-order valence-corrected chi connectivity index (χ4v) is 7.51. The molecule has 0 saturated carbocycles. The van der Waals surface area contributed by atoms with Crippen LogP contribution in [0, 0.1) is 17.1 Å². The molecule has 1 unspecified atom stereocenters. The first kappa shape index (κ1) is 33.8. The van der Waals surface area contributed by atoms with Crippen LogP contribution < -0.4 is 9.22 Å². The van der Waals surface area contributed by atoms with Gasteiger partial charge in [0.05, 0.1) is 0 Å². The quantitative estimate of drug-likeness (QED) is 0.156. The standard InChI is InChI=1S/C36H40AsFN8O2/c1-23-20-45(24(2)19-43(23)5)36(3,4)17-25(18-39)35(47)44-15-9-10-26(21-44)46-34-31(33(37)40-22-41-34)32(42-46)29-14-13-28(16-30(29)38)48-27-11-7-6-8-12-27/h6-8,11-14,16-17,22-24,26H,9-10,15,19-21H2,1-5H3/t23-,24+,26?/m0/s1. The maximum atomic E-state index is 15.7. The average Bonchev–Trinajstić information content (AvgIpc) is 3.46. The van der Waals surface area contributed by atoms with E-state index >= 15 is 4.39 Å². The van der Waals surface area contributed by atoms with Crippen molar-refractivity contribution >= 4 is 38.3 Å². The number of likely N-dealkylation sites (tertiary alicyclic amines) is 1. The number of likely N-dealkylation sites (N-methyl/N-ethyl adjacent to an activating group) is 1. The van der Waals surface area contributed by atoms with E-state index in [1.807, 2.05) is 36.4 Å². The summed E-state index contributed by atoms with van der Waals surface area (Å²) < 4.78 is 24.0. The second kappa shape index (κ2) is 13.8. The van der Waals surface area contributed by atoms with Crippen molar-refractivity contribution < 1.29 is 13.9 Å². The van der Waals surface area contributed by atoms with E-state index in [1.165, 1.54) is 12.4 Å². The molecule has 2 saturated heterocycles. The second-order valence-electron chi connectivity index (χ2n) is 13.4. The van der Waals surface area contributed by atoms with Gasteiger partial charge in [0.15, 0.2) is 0 Å². The van der Waals surface area contributed by atoms with Crippen molar-refractivity contribution in [1.29, 1.82) is 5.26 Å². The number of piperidine rings is 1. The Labute approximate surface area is 289 Å². The number of hydrogen-bond donors (Lipinski definition) is 0. The molecule has 6 rings (SSSR count). The zero-order chi connectivity index (χ0) is 34.2. The summed E-state index contributed by atoms with van der Waals surface area (Å²) in [5.74, 6) is 0.210. The third kappa shape index (κ3) is 6.75. The number of fused-ring (bicyclic) bond motifs is 1. The molecule has 0 bridgehead atoms. The fourth-order valence-electron chi connectivity index (χ4n) is 6.97. The van der Waals surface area contributed by atoms with Gasteiger partial charge >= 0.3 is 240 Å². The zero-order valence-electron chi connectivity index (χ0n) is 28.0. The Kier molecular flexibility index (Phi) is 9.71. The number of halogens is 1. The molecule has 248 valence electrons. The van der Waals surface area contributed by atoms with E-state index in [-0.39, 0.29) is 23.6 Å². The summed E-state index contributed by atoms with van der Waals surface area (Å²) >= 11 is 2.42. The minimum atomic E-state index is -0.490. The van der Waals surface area contributed by atoms with Crippen molar-refractivity contribution in [2.24, 2.45) is 0 Å². The molecule has 10 nitrogen and oxygen atoms in total. The topological polar surface area (TPSA) is 103 Å². The molecular formula is C36H40AsFN8O2. The molecule has 0 spiro atoms. The SMILES string of the molecule is C[C@@H]1CN(C)[C@@H](C)CN1C(C)(C)C=C(C#N)C(=O)N1CCCC(n2nc(-c3ccc(Oc4ccccc4)cc3F)c3c([As])ncnc32)C1. The average molecular weight is 711 g/mol. The molecule has 48 heavy (non-hydrogen) atoms. The van der Waals surface area contributed by atoms with Gasteiger partial charge in [0.2, 0.25) is 0 Å². The fraction of sp³-hybridized carbons (Fsp3) is 0.417. The Morgan fingerprint density at radius 1 is 1.08 bits per heavy atom. The van der Waals surface area contributed by atoms with E-state index in [0.29, 0.717) is 57.4 Å². The number of amides is 1. The van der Waals surface area contributed by atoms with Gasteiger partial charge in [-0.3, -0.25) is 0 Å². The van der Waals surface area contributed by atoms with E-state index in [1.54, 1.807) is 21.7 Å². The Morgan fingerprint density at radius 3 is 2.58 bits per heavy atom. The van der Waals surface area contributed by atoms with Crippen LogP contribution in [0.25, 0.3) is 22.3 Å². The molecule has 12 heteroatoms. The molecule has 2 aliphatic rings. The van der Waals surface area contributed by atoms with Gasteiger partial charge < -0.3 is 4.90 Å². The van der Waals surface area contributed by atoms with Crippen LogP contribution in [0.2, 0.25) is 0 Å². The van der Waals surface area contributed by atoms with Crippen LogP contribution in [0.3, 0.4) is 0 Å². The first-order chi connectivity index (χ1) is 23.0. The third-order valence-corrected chi connectivity index (χ3v) is 10.3. The molecule has 2 aromatic heterocycles. The summed E-state index contributed by atoms with van der Waals surface area (Å²) in [6.07, 6.45) is 4.77. The number of ether oxygens (including phenoxy) is 1. The van der Waals surface area contributed by atoms with Crippen molar-refractivity contribution in [2.45, 2.75) is 64.2 Å². The molecule has 1 amide bonds. The van der Waals surface area contributed by atoms with Crippen LogP contribution in [0.5, 0.6) is 11.5 Å². The number of piperazine rings is 1. The summed E-state index contributed by atoms with van der Waals surface area (Å²) in [6, 6.07) is 16.6. The van der Waals surface area contributed by atoms with Gasteiger partial charge in [-0.1, -0.05) is 0 Å². The predicted molar refractivity (Wildman–Crippen MR) is 184 cm³/mol. The molecule has 4 heterocycles.